The van der Waals surface area contributed by atoms with Crippen LogP contribution >= 0.6 is 11.6 Å². The second-order valence-corrected chi connectivity index (χ2v) is 6.93. The lowest BCUT2D eigenvalue weighted by Crippen LogP contribution is -2.29. The smallest absolute Gasteiger partial charge is 0.268 e. The minimum absolute atomic E-state index is 0.168. The molecular formula is C19H17ClN4O2. The molecule has 0 fully saturated rings. The topological polar surface area (TPSA) is 90.0 Å². The zero-order chi connectivity index (χ0) is 18.4. The van der Waals surface area contributed by atoms with Gasteiger partial charge in [-0.25, -0.2) is 0 Å². The van der Waals surface area contributed by atoms with Gasteiger partial charge in [-0.1, -0.05) is 17.7 Å². The summed E-state index contributed by atoms with van der Waals surface area (Å²) in [7, 11) is 1.84. The van der Waals surface area contributed by atoms with Crippen LogP contribution in [0.2, 0.25) is 5.02 Å². The number of hydrogen-bond acceptors (Lipinski definition) is 3. The van der Waals surface area contributed by atoms with Gasteiger partial charge in [0.1, 0.15) is 5.69 Å². The maximum absolute atomic E-state index is 12.8. The van der Waals surface area contributed by atoms with Crippen molar-refractivity contribution < 1.29 is 9.59 Å². The van der Waals surface area contributed by atoms with Gasteiger partial charge in [-0.15, -0.1) is 0 Å². The summed E-state index contributed by atoms with van der Waals surface area (Å²) >= 11 is 6.05. The maximum Gasteiger partial charge on any atom is 0.268 e. The maximum atomic E-state index is 12.8. The highest BCUT2D eigenvalue weighted by atomic mass is 35.5. The fourth-order valence-corrected chi connectivity index (χ4v) is 3.67. The van der Waals surface area contributed by atoms with E-state index in [1.807, 2.05) is 29.8 Å². The van der Waals surface area contributed by atoms with Gasteiger partial charge in [0.05, 0.1) is 17.3 Å². The Balaban J connectivity index is 1.61. The second kappa shape index (κ2) is 6.14. The number of rotatable bonds is 3. The highest BCUT2D eigenvalue weighted by molar-refractivity contribution is 6.31. The molecule has 26 heavy (non-hydrogen) atoms. The summed E-state index contributed by atoms with van der Waals surface area (Å²) in [6.07, 6.45) is 2.95. The normalized spacial score (nSPS) is 15.8. The van der Waals surface area contributed by atoms with Crippen LogP contribution in [0.1, 0.15) is 44.6 Å². The highest BCUT2D eigenvalue weighted by Gasteiger charge is 2.27. The SMILES string of the molecule is Cn1c(C(=O)NC2CCc3cc(C(N)=O)cnc32)cc2ccc(Cl)cc21. The molecule has 6 nitrogen and oxygen atoms in total. The first-order chi connectivity index (χ1) is 12.4. The number of carbonyl (C=O) groups is 2. The number of nitrogens with zero attached hydrogens (tertiary/aromatic N) is 2. The third-order valence-corrected chi connectivity index (χ3v) is 5.10. The number of amides is 2. The van der Waals surface area contributed by atoms with E-state index >= 15 is 0 Å². The Morgan fingerprint density at radius 2 is 2.12 bits per heavy atom. The molecule has 3 N–H and O–H groups in total. The largest absolute Gasteiger partial charge is 0.366 e. The number of nitrogens with two attached hydrogens (primary N) is 1. The summed E-state index contributed by atoms with van der Waals surface area (Å²) in [4.78, 5) is 28.4. The molecular weight excluding hydrogens is 352 g/mol. The van der Waals surface area contributed by atoms with E-state index < -0.39 is 5.91 Å². The van der Waals surface area contributed by atoms with Crippen molar-refractivity contribution in [2.45, 2.75) is 18.9 Å². The minimum Gasteiger partial charge on any atom is -0.366 e. The molecule has 1 aliphatic carbocycles. The molecule has 132 valence electrons. The van der Waals surface area contributed by atoms with Gasteiger partial charge in [-0.3, -0.25) is 14.6 Å². The van der Waals surface area contributed by atoms with Crippen LogP contribution in [0.25, 0.3) is 10.9 Å². The van der Waals surface area contributed by atoms with E-state index in [2.05, 4.69) is 10.3 Å². The Morgan fingerprint density at radius 1 is 1.31 bits per heavy atom. The third-order valence-electron chi connectivity index (χ3n) is 4.86. The lowest BCUT2D eigenvalue weighted by Gasteiger charge is -2.14. The Bertz CT molecular complexity index is 1060. The second-order valence-electron chi connectivity index (χ2n) is 6.49. The van der Waals surface area contributed by atoms with Crippen LogP contribution in [0.4, 0.5) is 0 Å². The number of carbonyl (C=O) groups excluding carboxylic acids is 2. The van der Waals surface area contributed by atoms with Gasteiger partial charge in [0.25, 0.3) is 5.91 Å². The van der Waals surface area contributed by atoms with E-state index in [0.29, 0.717) is 16.3 Å². The van der Waals surface area contributed by atoms with E-state index in [1.165, 1.54) is 6.20 Å². The molecule has 1 aliphatic rings. The number of aromatic nitrogens is 2. The van der Waals surface area contributed by atoms with E-state index in [9.17, 15) is 9.59 Å². The van der Waals surface area contributed by atoms with Crippen LogP contribution in [-0.2, 0) is 13.5 Å². The van der Waals surface area contributed by atoms with Gasteiger partial charge in [0.15, 0.2) is 0 Å². The van der Waals surface area contributed by atoms with Crippen LogP contribution in [0, 0.1) is 0 Å². The predicted octanol–water partition coefficient (Wildman–Crippen LogP) is 2.74. The van der Waals surface area contributed by atoms with Gasteiger partial charge < -0.3 is 15.6 Å². The number of nitrogens with one attached hydrogen (secondary N) is 1. The average molecular weight is 369 g/mol. The zero-order valence-corrected chi connectivity index (χ0v) is 14.9. The number of primary amides is 1. The van der Waals surface area contributed by atoms with Gasteiger partial charge >= 0.3 is 0 Å². The third kappa shape index (κ3) is 2.72. The molecule has 0 aliphatic heterocycles. The molecule has 0 saturated carbocycles. The van der Waals surface area contributed by atoms with Gasteiger partial charge in [0.2, 0.25) is 5.91 Å². The van der Waals surface area contributed by atoms with Crippen molar-refractivity contribution in [2.24, 2.45) is 12.8 Å². The summed E-state index contributed by atoms with van der Waals surface area (Å²) in [5.74, 6) is -0.666. The summed E-state index contributed by atoms with van der Waals surface area (Å²) < 4.78 is 1.83. The fraction of sp³-hybridized carbons (Fsp3) is 0.211. The molecule has 3 aromatic rings. The first-order valence-corrected chi connectivity index (χ1v) is 8.66. The van der Waals surface area contributed by atoms with Gasteiger partial charge in [0, 0.05) is 29.2 Å². The summed E-state index contributed by atoms with van der Waals surface area (Å²) in [5.41, 5.74) is 8.90. The number of pyridine rings is 1. The molecule has 2 aromatic heterocycles. The Morgan fingerprint density at radius 3 is 2.88 bits per heavy atom. The van der Waals surface area contributed by atoms with Crippen LogP contribution in [0.3, 0.4) is 0 Å². The molecule has 7 heteroatoms. The molecule has 2 heterocycles. The molecule has 0 bridgehead atoms. The number of fused-ring (bicyclic) bond motifs is 2. The van der Waals surface area contributed by atoms with Crippen molar-refractivity contribution in [3.8, 4) is 0 Å². The number of aryl methyl sites for hydroxylation is 2. The number of benzene rings is 1. The lowest BCUT2D eigenvalue weighted by molar-refractivity contribution is 0.0927. The van der Waals surface area contributed by atoms with Crippen LogP contribution in [0.5, 0.6) is 0 Å². The zero-order valence-electron chi connectivity index (χ0n) is 14.1. The molecule has 4 rings (SSSR count). The van der Waals surface area contributed by atoms with Gasteiger partial charge in [-0.2, -0.15) is 0 Å². The first kappa shape index (κ1) is 16.6. The van der Waals surface area contributed by atoms with Crippen molar-refractivity contribution in [1.82, 2.24) is 14.9 Å². The summed E-state index contributed by atoms with van der Waals surface area (Å²) in [6, 6.07) is 8.97. The minimum atomic E-state index is -0.498. The predicted molar refractivity (Wildman–Crippen MR) is 99.2 cm³/mol. The molecule has 2 amide bonds. The fourth-order valence-electron chi connectivity index (χ4n) is 3.50. The van der Waals surface area contributed by atoms with E-state index in [1.54, 1.807) is 12.1 Å². The Kier molecular flexibility index (Phi) is 3.92. The van der Waals surface area contributed by atoms with Crippen molar-refractivity contribution in [3.05, 3.63) is 64.1 Å². The molecule has 1 aromatic carbocycles. The monoisotopic (exact) mass is 368 g/mol. The summed E-state index contributed by atoms with van der Waals surface area (Å²) in [6.45, 7) is 0. The van der Waals surface area contributed by atoms with Gasteiger partial charge in [-0.05, 0) is 42.7 Å². The van der Waals surface area contributed by atoms with Crippen LogP contribution < -0.4 is 11.1 Å². The van der Waals surface area contributed by atoms with E-state index in [0.717, 1.165) is 35.0 Å². The Hall–Kier alpha value is -2.86. The van der Waals surface area contributed by atoms with E-state index in [-0.39, 0.29) is 11.9 Å². The molecule has 1 atom stereocenters. The quantitative estimate of drug-likeness (QED) is 0.744. The molecule has 0 saturated heterocycles. The van der Waals surface area contributed by atoms with Crippen LogP contribution in [-0.4, -0.2) is 21.4 Å². The van der Waals surface area contributed by atoms with Crippen molar-refractivity contribution in [2.75, 3.05) is 0 Å². The standard InChI is InChI=1S/C19H17ClN4O2/c1-24-15-8-13(20)4-2-10(15)7-16(24)19(26)23-14-5-3-11-6-12(18(21)25)9-22-17(11)14/h2,4,6-9,14H,3,5H2,1H3,(H2,21,25)(H,23,26). The van der Waals surface area contributed by atoms with E-state index in [4.69, 9.17) is 17.3 Å². The first-order valence-electron chi connectivity index (χ1n) is 8.28. The Labute approximate surface area is 155 Å². The number of halogens is 1. The van der Waals surface area contributed by atoms with Crippen LogP contribution in [0.15, 0.2) is 36.5 Å². The molecule has 0 radical (unpaired) electrons. The highest BCUT2D eigenvalue weighted by Crippen LogP contribution is 2.30. The van der Waals surface area contributed by atoms with Crippen molar-refractivity contribution in [1.29, 1.82) is 0 Å². The molecule has 0 spiro atoms. The lowest BCUT2D eigenvalue weighted by atomic mass is 10.1. The van der Waals surface area contributed by atoms with Crippen molar-refractivity contribution in [3.63, 3.8) is 0 Å². The van der Waals surface area contributed by atoms with Crippen molar-refractivity contribution >= 4 is 34.3 Å². The average Bonchev–Trinajstić information content (AvgIpc) is 3.16. The number of hydrogen-bond donors (Lipinski definition) is 2. The summed E-state index contributed by atoms with van der Waals surface area (Å²) in [5, 5.41) is 4.63. The molecule has 1 unspecified atom stereocenters.